The van der Waals surface area contributed by atoms with Crippen molar-refractivity contribution in [3.05, 3.63) is 0 Å². The van der Waals surface area contributed by atoms with Crippen molar-refractivity contribution in [2.45, 2.75) is 38.2 Å². The highest BCUT2D eigenvalue weighted by Crippen LogP contribution is 2.37. The Kier molecular flexibility index (Phi) is 5.17. The monoisotopic (exact) mass is 274 g/mol. The van der Waals surface area contributed by atoms with Crippen molar-refractivity contribution in [2.24, 2.45) is 5.92 Å². The summed E-state index contributed by atoms with van der Waals surface area (Å²) in [6.45, 7) is -1.27. The highest BCUT2D eigenvalue weighted by Gasteiger charge is 2.47. The average Bonchev–Trinajstić information content (AvgIpc) is 2.08. The Balaban J connectivity index is 4.42. The van der Waals surface area contributed by atoms with Gasteiger partial charge in [0.1, 0.15) is 6.61 Å². The first-order valence-corrected chi connectivity index (χ1v) is 4.52. The summed E-state index contributed by atoms with van der Waals surface area (Å²) in [5.74, 6) is -2.40. The number of hydrogen-bond donors (Lipinski definition) is 0. The summed E-state index contributed by atoms with van der Waals surface area (Å²) < 4.78 is 99.6. The van der Waals surface area contributed by atoms with E-state index >= 15 is 0 Å². The third-order valence-corrected chi connectivity index (χ3v) is 1.89. The first kappa shape index (κ1) is 16.4. The summed E-state index contributed by atoms with van der Waals surface area (Å²) in [6, 6.07) is 0. The van der Waals surface area contributed by atoms with Crippen LogP contribution in [0.3, 0.4) is 0 Å². The van der Waals surface area contributed by atoms with E-state index in [-0.39, 0.29) is 0 Å². The lowest BCUT2D eigenvalue weighted by molar-refractivity contribution is -0.307. The minimum absolute atomic E-state index is 0.658. The van der Waals surface area contributed by atoms with Crippen LogP contribution in [-0.4, -0.2) is 25.1 Å². The molecule has 0 spiro atoms. The smallest absolute Gasteiger partial charge is 0.311 e. The molecule has 104 valence electrons. The molecule has 0 aromatic rings. The van der Waals surface area contributed by atoms with E-state index in [9.17, 15) is 35.1 Å². The maximum atomic E-state index is 12.7. The third kappa shape index (κ3) is 7.35. The van der Waals surface area contributed by atoms with E-state index in [4.69, 9.17) is 0 Å². The fraction of sp³-hybridized carbons (Fsp3) is 1.00. The van der Waals surface area contributed by atoms with Gasteiger partial charge in [-0.25, -0.2) is 0 Å². The van der Waals surface area contributed by atoms with Crippen molar-refractivity contribution < 1.29 is 39.9 Å². The van der Waals surface area contributed by atoms with Crippen LogP contribution in [0, 0.1) is 5.92 Å². The Morgan fingerprint density at radius 3 is 1.71 bits per heavy atom. The highest BCUT2D eigenvalue weighted by atomic mass is 19.4. The van der Waals surface area contributed by atoms with Crippen LogP contribution in [0.15, 0.2) is 0 Å². The van der Waals surface area contributed by atoms with Crippen molar-refractivity contribution in [3.63, 3.8) is 0 Å². The molecule has 9 heteroatoms. The highest BCUT2D eigenvalue weighted by molar-refractivity contribution is 4.71. The lowest BCUT2D eigenvalue weighted by Crippen LogP contribution is -2.34. The molecule has 0 aliphatic carbocycles. The summed E-state index contributed by atoms with van der Waals surface area (Å²) >= 11 is 0. The van der Waals surface area contributed by atoms with Gasteiger partial charge in [0.2, 0.25) is 0 Å². The Bertz CT molecular complexity index is 231. The van der Waals surface area contributed by atoms with Gasteiger partial charge in [-0.05, 0) is 6.42 Å². The van der Waals surface area contributed by atoms with E-state index in [2.05, 4.69) is 4.74 Å². The van der Waals surface area contributed by atoms with Crippen molar-refractivity contribution in [2.75, 3.05) is 6.61 Å². The van der Waals surface area contributed by atoms with Gasteiger partial charge in [-0.3, -0.25) is 0 Å². The molecule has 0 saturated carbocycles. The normalized spacial score (nSPS) is 16.1. The van der Waals surface area contributed by atoms with Crippen LogP contribution in [0.4, 0.5) is 35.1 Å². The zero-order valence-electron chi connectivity index (χ0n) is 8.63. The first-order chi connectivity index (χ1) is 7.37. The van der Waals surface area contributed by atoms with Crippen LogP contribution in [0.2, 0.25) is 0 Å². The molecule has 0 heterocycles. The van der Waals surface area contributed by atoms with E-state index in [0.717, 1.165) is 6.92 Å². The zero-order valence-corrected chi connectivity index (χ0v) is 8.63. The number of hydrogen-bond acceptors (Lipinski definition) is 1. The quantitative estimate of drug-likeness (QED) is 0.685. The lowest BCUT2D eigenvalue weighted by atomic mass is 10.0. The van der Waals surface area contributed by atoms with Crippen molar-refractivity contribution in [3.8, 4) is 0 Å². The van der Waals surface area contributed by atoms with Crippen molar-refractivity contribution >= 4 is 0 Å². The van der Waals surface area contributed by atoms with Gasteiger partial charge in [0, 0.05) is 0 Å². The fourth-order valence-corrected chi connectivity index (χ4v) is 1.02. The molecule has 0 aromatic heterocycles. The zero-order chi connectivity index (χ0) is 13.9. The minimum atomic E-state index is -5.01. The van der Waals surface area contributed by atoms with Gasteiger partial charge in [-0.2, -0.15) is 35.1 Å². The molecule has 0 bridgehead atoms. The largest absolute Gasteiger partial charge is 0.412 e. The molecule has 0 radical (unpaired) electrons. The van der Waals surface area contributed by atoms with Crippen LogP contribution in [0.5, 0.6) is 0 Å². The van der Waals surface area contributed by atoms with Gasteiger partial charge in [0.15, 0.2) is 0 Å². The predicted octanol–water partition coefficient (Wildman–Crippen LogP) is 4.14. The molecule has 0 aliphatic rings. The van der Waals surface area contributed by atoms with Gasteiger partial charge in [0.05, 0.1) is 12.3 Å². The van der Waals surface area contributed by atoms with Gasteiger partial charge in [-0.15, -0.1) is 0 Å². The maximum Gasteiger partial charge on any atom is 0.412 e. The Morgan fingerprint density at radius 2 is 1.41 bits per heavy atom. The molecule has 17 heavy (non-hydrogen) atoms. The van der Waals surface area contributed by atoms with Crippen LogP contribution >= 0.6 is 0 Å². The van der Waals surface area contributed by atoms with Crippen LogP contribution < -0.4 is 0 Å². The summed E-state index contributed by atoms with van der Waals surface area (Å²) in [5.41, 5.74) is 0. The predicted molar refractivity (Wildman–Crippen MR) is 41.4 cm³/mol. The fourth-order valence-electron chi connectivity index (χ4n) is 1.02. The Labute approximate surface area is 91.7 Å². The van der Waals surface area contributed by atoms with E-state index in [0.29, 0.717) is 0 Å². The standard InChI is InChI=1S/C8H10F8O/c1-2-5(8(14,15)16)3-7(12,13)17-4-6(9,10)11/h5H,2-4H2,1H3. The van der Waals surface area contributed by atoms with E-state index in [1.165, 1.54) is 0 Å². The summed E-state index contributed by atoms with van der Waals surface area (Å²) in [5, 5.41) is 0. The lowest BCUT2D eigenvalue weighted by Gasteiger charge is -2.24. The molecule has 1 atom stereocenters. The van der Waals surface area contributed by atoms with Gasteiger partial charge in [0.25, 0.3) is 0 Å². The molecular formula is C8H10F8O. The Hall–Kier alpha value is -0.600. The summed E-state index contributed by atoms with van der Waals surface area (Å²) in [6.07, 6.45) is -16.8. The third-order valence-electron chi connectivity index (χ3n) is 1.89. The topological polar surface area (TPSA) is 9.23 Å². The molecule has 0 aromatic carbocycles. The minimum Gasteiger partial charge on any atom is -0.311 e. The van der Waals surface area contributed by atoms with E-state index in [1.54, 1.807) is 0 Å². The molecule has 0 amide bonds. The second-order valence-electron chi connectivity index (χ2n) is 3.39. The van der Waals surface area contributed by atoms with Crippen LogP contribution in [0.1, 0.15) is 19.8 Å². The van der Waals surface area contributed by atoms with Crippen LogP contribution in [0.25, 0.3) is 0 Å². The van der Waals surface area contributed by atoms with Crippen LogP contribution in [-0.2, 0) is 4.74 Å². The molecule has 0 saturated heterocycles. The molecule has 0 rings (SSSR count). The number of alkyl halides is 8. The van der Waals surface area contributed by atoms with Gasteiger partial charge < -0.3 is 4.74 Å². The number of rotatable bonds is 5. The maximum absolute atomic E-state index is 12.7. The summed E-state index contributed by atoms with van der Waals surface area (Å²) in [7, 11) is 0. The SMILES string of the molecule is CCC(CC(F)(F)OCC(F)(F)F)C(F)(F)F. The average molecular weight is 274 g/mol. The second kappa shape index (κ2) is 5.36. The molecule has 1 unspecified atom stereocenters. The summed E-state index contributed by atoms with van der Waals surface area (Å²) in [4.78, 5) is 0. The molecule has 1 nitrogen and oxygen atoms in total. The van der Waals surface area contributed by atoms with Gasteiger partial charge in [-0.1, -0.05) is 6.92 Å². The van der Waals surface area contributed by atoms with E-state index in [1.807, 2.05) is 0 Å². The molecule has 0 aliphatic heterocycles. The van der Waals surface area contributed by atoms with Crippen molar-refractivity contribution in [1.82, 2.24) is 0 Å². The second-order valence-corrected chi connectivity index (χ2v) is 3.39. The molecule has 0 N–H and O–H groups in total. The van der Waals surface area contributed by atoms with E-state index < -0.39 is 43.8 Å². The molecule has 0 fully saturated rings. The number of ether oxygens (including phenoxy) is 1. The first-order valence-electron chi connectivity index (χ1n) is 4.52. The number of halogens is 8. The molecular weight excluding hydrogens is 264 g/mol. The van der Waals surface area contributed by atoms with Gasteiger partial charge >= 0.3 is 18.5 Å². The Morgan fingerprint density at radius 1 is 0.941 bits per heavy atom. The van der Waals surface area contributed by atoms with Crippen molar-refractivity contribution in [1.29, 1.82) is 0 Å².